The van der Waals surface area contributed by atoms with E-state index in [2.05, 4.69) is 4.72 Å². The zero-order chi connectivity index (χ0) is 23.7. The Labute approximate surface area is 188 Å². The lowest BCUT2D eigenvalue weighted by atomic mass is 9.97. The van der Waals surface area contributed by atoms with Crippen LogP contribution >= 0.6 is 0 Å². The van der Waals surface area contributed by atoms with Crippen molar-refractivity contribution in [2.75, 3.05) is 39.8 Å². The molecule has 0 radical (unpaired) electrons. The summed E-state index contributed by atoms with van der Waals surface area (Å²) < 4.78 is 31.6. The molecule has 0 spiro atoms. The van der Waals surface area contributed by atoms with Crippen LogP contribution in [0, 0.1) is 17.2 Å². The van der Waals surface area contributed by atoms with Crippen LogP contribution in [0.2, 0.25) is 0 Å². The molecule has 0 atom stereocenters. The highest BCUT2D eigenvalue weighted by atomic mass is 32.2. The normalized spacial score (nSPS) is 14.5. The summed E-state index contributed by atoms with van der Waals surface area (Å²) in [5.74, 6) is -1.08. The number of likely N-dealkylation sites (N-methyl/N-ethyl adjacent to an activating group) is 1. The fourth-order valence-corrected chi connectivity index (χ4v) is 4.35. The summed E-state index contributed by atoms with van der Waals surface area (Å²) in [6.07, 6.45) is 1.11. The van der Waals surface area contributed by atoms with E-state index in [1.807, 2.05) is 6.07 Å². The molecule has 2 amide bonds. The average Bonchev–Trinajstić information content (AvgIpc) is 2.79. The van der Waals surface area contributed by atoms with Crippen LogP contribution in [0.5, 0.6) is 0 Å². The Bertz CT molecular complexity index is 963. The number of benzene rings is 1. The minimum atomic E-state index is -3.76. The van der Waals surface area contributed by atoms with E-state index < -0.39 is 15.9 Å². The number of carbonyl (C=O) groups is 3. The van der Waals surface area contributed by atoms with Crippen LogP contribution in [0.1, 0.15) is 36.5 Å². The van der Waals surface area contributed by atoms with Crippen molar-refractivity contribution in [2.45, 2.75) is 31.1 Å². The predicted octanol–water partition coefficient (Wildman–Crippen LogP) is 0.752. The quantitative estimate of drug-likeness (QED) is 0.421. The van der Waals surface area contributed by atoms with Crippen molar-refractivity contribution in [3.8, 4) is 6.07 Å². The molecule has 1 fully saturated rings. The molecule has 1 aromatic carbocycles. The molecular weight excluding hydrogens is 436 g/mol. The van der Waals surface area contributed by atoms with Gasteiger partial charge in [-0.15, -0.1) is 0 Å². The van der Waals surface area contributed by atoms with E-state index in [-0.39, 0.29) is 47.8 Å². The lowest BCUT2D eigenvalue weighted by molar-refractivity contribution is -0.151. The SMILES string of the molecule is CCOC(=O)C1CCN(C(=O)CN(C)C(=O)c2ccc(S(=O)(=O)NCCC#N)cc2)CC1. The zero-order valence-corrected chi connectivity index (χ0v) is 19.1. The molecule has 1 aliphatic heterocycles. The number of nitriles is 1. The largest absolute Gasteiger partial charge is 0.466 e. The lowest BCUT2D eigenvalue weighted by Crippen LogP contribution is -2.45. The number of nitrogens with zero attached hydrogens (tertiary/aromatic N) is 3. The molecule has 0 unspecified atom stereocenters. The number of ether oxygens (including phenoxy) is 1. The van der Waals surface area contributed by atoms with E-state index in [4.69, 9.17) is 10.00 Å². The maximum Gasteiger partial charge on any atom is 0.309 e. The molecule has 1 N–H and O–H groups in total. The molecule has 174 valence electrons. The van der Waals surface area contributed by atoms with Crippen molar-refractivity contribution in [2.24, 2.45) is 5.92 Å². The van der Waals surface area contributed by atoms with E-state index in [1.54, 1.807) is 11.8 Å². The Morgan fingerprint density at radius 2 is 1.84 bits per heavy atom. The van der Waals surface area contributed by atoms with Gasteiger partial charge in [0.15, 0.2) is 0 Å². The number of hydrogen-bond acceptors (Lipinski definition) is 7. The van der Waals surface area contributed by atoms with Gasteiger partial charge in [0, 0.05) is 38.7 Å². The molecule has 1 saturated heterocycles. The number of sulfonamides is 1. The number of rotatable bonds is 9. The molecule has 0 saturated carbocycles. The first-order valence-electron chi connectivity index (χ1n) is 10.4. The molecule has 1 heterocycles. The van der Waals surface area contributed by atoms with Gasteiger partial charge in [0.1, 0.15) is 0 Å². The van der Waals surface area contributed by atoms with Crippen molar-refractivity contribution in [3.63, 3.8) is 0 Å². The van der Waals surface area contributed by atoms with Crippen LogP contribution < -0.4 is 4.72 Å². The second-order valence-corrected chi connectivity index (χ2v) is 9.17. The third kappa shape index (κ3) is 6.77. The second kappa shape index (κ2) is 11.6. The van der Waals surface area contributed by atoms with Crippen LogP contribution in [0.25, 0.3) is 0 Å². The Morgan fingerprint density at radius 3 is 2.41 bits per heavy atom. The minimum absolute atomic E-state index is 0.00139. The maximum absolute atomic E-state index is 12.6. The summed E-state index contributed by atoms with van der Waals surface area (Å²) in [5.41, 5.74) is 0.247. The molecule has 0 aliphatic carbocycles. The fraction of sp³-hybridized carbons (Fsp3) is 0.524. The Balaban J connectivity index is 1.90. The summed E-state index contributed by atoms with van der Waals surface area (Å²) in [6, 6.07) is 7.22. The third-order valence-electron chi connectivity index (χ3n) is 5.13. The van der Waals surface area contributed by atoms with Gasteiger partial charge < -0.3 is 14.5 Å². The number of likely N-dealkylation sites (tertiary alicyclic amines) is 1. The summed E-state index contributed by atoms with van der Waals surface area (Å²) in [6.45, 7) is 2.81. The molecule has 1 aliphatic rings. The van der Waals surface area contributed by atoms with Crippen LogP contribution in [0.15, 0.2) is 29.2 Å². The van der Waals surface area contributed by atoms with Crippen molar-refractivity contribution >= 4 is 27.8 Å². The number of piperidine rings is 1. The van der Waals surface area contributed by atoms with Crippen molar-refractivity contribution in [3.05, 3.63) is 29.8 Å². The van der Waals surface area contributed by atoms with Gasteiger partial charge in [-0.2, -0.15) is 5.26 Å². The average molecular weight is 465 g/mol. The molecule has 1 aromatic rings. The smallest absolute Gasteiger partial charge is 0.309 e. The molecule has 11 heteroatoms. The number of nitrogens with one attached hydrogen (secondary N) is 1. The molecule has 2 rings (SSSR count). The van der Waals surface area contributed by atoms with Gasteiger partial charge in [0.05, 0.1) is 30.0 Å². The molecule has 32 heavy (non-hydrogen) atoms. The van der Waals surface area contributed by atoms with Crippen LogP contribution in [-0.4, -0.2) is 75.8 Å². The topological polar surface area (TPSA) is 137 Å². The van der Waals surface area contributed by atoms with Crippen molar-refractivity contribution in [1.82, 2.24) is 14.5 Å². The molecular formula is C21H28N4O6S. The van der Waals surface area contributed by atoms with Crippen molar-refractivity contribution < 1.29 is 27.5 Å². The first-order chi connectivity index (χ1) is 15.2. The van der Waals surface area contributed by atoms with Gasteiger partial charge in [-0.3, -0.25) is 14.4 Å². The molecule has 0 bridgehead atoms. The first kappa shape index (κ1) is 25.3. The van der Waals surface area contributed by atoms with Gasteiger partial charge >= 0.3 is 5.97 Å². The van der Waals surface area contributed by atoms with Gasteiger partial charge in [-0.05, 0) is 44.0 Å². The summed E-state index contributed by atoms with van der Waals surface area (Å²) in [5, 5.41) is 8.51. The highest BCUT2D eigenvalue weighted by Crippen LogP contribution is 2.19. The Kier molecular flexibility index (Phi) is 9.16. The highest BCUT2D eigenvalue weighted by Gasteiger charge is 2.29. The monoisotopic (exact) mass is 464 g/mol. The van der Waals surface area contributed by atoms with Gasteiger partial charge in [-0.25, -0.2) is 13.1 Å². The molecule has 10 nitrogen and oxygen atoms in total. The zero-order valence-electron chi connectivity index (χ0n) is 18.2. The van der Waals surface area contributed by atoms with E-state index >= 15 is 0 Å². The van der Waals surface area contributed by atoms with Gasteiger partial charge in [0.2, 0.25) is 15.9 Å². The van der Waals surface area contributed by atoms with Crippen LogP contribution in [0.3, 0.4) is 0 Å². The van der Waals surface area contributed by atoms with E-state index in [1.165, 1.54) is 36.2 Å². The Morgan fingerprint density at radius 1 is 1.22 bits per heavy atom. The van der Waals surface area contributed by atoms with E-state index in [0.29, 0.717) is 32.5 Å². The van der Waals surface area contributed by atoms with Gasteiger partial charge in [0.25, 0.3) is 5.91 Å². The first-order valence-corrected chi connectivity index (χ1v) is 11.8. The number of carbonyl (C=O) groups excluding carboxylic acids is 3. The molecule has 0 aromatic heterocycles. The number of hydrogen-bond donors (Lipinski definition) is 1. The Hall–Kier alpha value is -2.97. The minimum Gasteiger partial charge on any atom is -0.466 e. The van der Waals surface area contributed by atoms with Crippen LogP contribution in [-0.2, 0) is 24.3 Å². The van der Waals surface area contributed by atoms with E-state index in [0.717, 1.165) is 0 Å². The van der Waals surface area contributed by atoms with Crippen molar-refractivity contribution in [1.29, 1.82) is 5.26 Å². The van der Waals surface area contributed by atoms with E-state index in [9.17, 15) is 22.8 Å². The number of esters is 1. The third-order valence-corrected chi connectivity index (χ3v) is 6.60. The standard InChI is InChI=1S/C21H28N4O6S/c1-3-31-21(28)17-9-13-25(14-10-17)19(26)15-24(2)20(27)16-5-7-18(8-6-16)32(29,30)23-12-4-11-22/h5-8,17,23H,3-4,9-10,12-15H2,1-2H3. The van der Waals surface area contributed by atoms with Gasteiger partial charge in [-0.1, -0.05) is 0 Å². The second-order valence-electron chi connectivity index (χ2n) is 7.40. The predicted molar refractivity (Wildman–Crippen MR) is 115 cm³/mol. The maximum atomic E-state index is 12.6. The fourth-order valence-electron chi connectivity index (χ4n) is 3.32. The summed E-state index contributed by atoms with van der Waals surface area (Å²) in [4.78, 5) is 39.9. The highest BCUT2D eigenvalue weighted by molar-refractivity contribution is 7.89. The lowest BCUT2D eigenvalue weighted by Gasteiger charge is -2.32. The summed E-state index contributed by atoms with van der Waals surface area (Å²) in [7, 11) is -2.26. The van der Waals surface area contributed by atoms with Crippen LogP contribution in [0.4, 0.5) is 0 Å². The summed E-state index contributed by atoms with van der Waals surface area (Å²) >= 11 is 0. The number of amides is 2.